The van der Waals surface area contributed by atoms with Gasteiger partial charge < -0.3 is 33.5 Å². The molecule has 1 aliphatic heterocycles. The summed E-state index contributed by atoms with van der Waals surface area (Å²) in [6, 6.07) is 13.5. The maximum atomic E-state index is 13.6. The highest BCUT2D eigenvalue weighted by Gasteiger charge is 2.36. The topological polar surface area (TPSA) is 86.8 Å². The Morgan fingerprint density at radius 2 is 1.67 bits per heavy atom. The van der Waals surface area contributed by atoms with Gasteiger partial charge in [-0.2, -0.15) is 0 Å². The number of benzene rings is 2. The Morgan fingerprint density at radius 1 is 0.976 bits per heavy atom. The molecule has 0 spiro atoms. The van der Waals surface area contributed by atoms with E-state index in [0.29, 0.717) is 44.3 Å². The van der Waals surface area contributed by atoms with Crippen molar-refractivity contribution in [2.75, 3.05) is 40.5 Å². The molecule has 2 aromatic rings. The molecule has 42 heavy (non-hydrogen) atoms. The highest BCUT2D eigenvalue weighted by Crippen LogP contribution is 2.32. The summed E-state index contributed by atoms with van der Waals surface area (Å²) in [5, 5.41) is 0. The number of rotatable bonds is 9. The van der Waals surface area contributed by atoms with Crippen LogP contribution >= 0.6 is 0 Å². The van der Waals surface area contributed by atoms with Crippen LogP contribution in [0, 0.1) is 12.8 Å². The van der Waals surface area contributed by atoms with Gasteiger partial charge in [0.25, 0.3) is 0 Å². The average Bonchev–Trinajstić information content (AvgIpc) is 2.98. The van der Waals surface area contributed by atoms with Crippen LogP contribution in [0.3, 0.4) is 0 Å². The molecule has 2 aliphatic rings. The number of morpholine rings is 1. The number of hydrogen-bond donors (Lipinski definition) is 0. The molecule has 0 N–H and O–H groups in total. The van der Waals surface area contributed by atoms with E-state index in [1.807, 2.05) is 73.9 Å². The average molecular weight is 583 g/mol. The monoisotopic (exact) mass is 582 g/mol. The molecule has 0 bridgehead atoms. The quantitative estimate of drug-likeness (QED) is 0.380. The van der Waals surface area contributed by atoms with Crippen LogP contribution in [0.5, 0.6) is 17.2 Å². The second kappa shape index (κ2) is 14.1. The number of hydrogen-bond acceptors (Lipinski definition) is 7. The number of nitrogens with zero attached hydrogens (tertiary/aromatic N) is 2. The summed E-state index contributed by atoms with van der Waals surface area (Å²) < 4.78 is 28.5. The summed E-state index contributed by atoms with van der Waals surface area (Å²) in [7, 11) is 3.27. The fraction of sp³-hybridized carbons (Fsp3) is 0.576. The van der Waals surface area contributed by atoms with E-state index in [-0.39, 0.29) is 30.1 Å². The van der Waals surface area contributed by atoms with E-state index in [1.54, 1.807) is 14.2 Å². The first kappa shape index (κ1) is 31.5. The largest absolute Gasteiger partial charge is 0.496 e. The van der Waals surface area contributed by atoms with Crippen molar-refractivity contribution in [3.63, 3.8) is 0 Å². The lowest BCUT2D eigenvalue weighted by Crippen LogP contribution is -2.51. The van der Waals surface area contributed by atoms with Gasteiger partial charge in [-0.1, -0.05) is 24.3 Å². The molecule has 9 nitrogen and oxygen atoms in total. The molecule has 1 saturated heterocycles. The molecule has 2 fully saturated rings. The molecule has 2 amide bonds. The number of methoxy groups -OCH3 is 2. The molecule has 230 valence electrons. The first-order valence-electron chi connectivity index (χ1n) is 14.9. The van der Waals surface area contributed by atoms with Gasteiger partial charge in [0, 0.05) is 25.0 Å². The number of amides is 2. The third-order valence-electron chi connectivity index (χ3n) is 7.87. The van der Waals surface area contributed by atoms with E-state index in [4.69, 9.17) is 23.7 Å². The van der Waals surface area contributed by atoms with Gasteiger partial charge in [0.2, 0.25) is 5.91 Å². The zero-order chi connectivity index (χ0) is 30.3. The molecule has 0 aromatic heterocycles. The van der Waals surface area contributed by atoms with Crippen LogP contribution in [0.4, 0.5) is 4.79 Å². The number of para-hydroxylation sites is 2. The molecule has 4 rings (SSSR count). The van der Waals surface area contributed by atoms with Crippen molar-refractivity contribution in [2.45, 2.75) is 77.7 Å². The molecule has 0 unspecified atom stereocenters. The summed E-state index contributed by atoms with van der Waals surface area (Å²) in [5.41, 5.74) is 1.44. The standard InChI is InChI=1S/C33H46N2O7/c1-23-19-24(11-16-28(23)38-5)20-35(32(37)42-33(2,3)4)26-14-12-25(13-15-26)31(36)34-17-18-40-27(21-34)22-41-30-10-8-7-9-29(30)39-6/h7-11,16,19,25-27H,12-15,17-18,20-22H2,1-6H3/t25?,26?,27-/m0/s1. The fourth-order valence-electron chi connectivity index (χ4n) is 5.73. The summed E-state index contributed by atoms with van der Waals surface area (Å²) in [6.45, 7) is 9.98. The van der Waals surface area contributed by atoms with Gasteiger partial charge in [-0.15, -0.1) is 0 Å². The Balaban J connectivity index is 1.35. The van der Waals surface area contributed by atoms with Crippen molar-refractivity contribution in [3.05, 3.63) is 53.6 Å². The normalized spacial score (nSPS) is 20.9. The molecular formula is C33H46N2O7. The van der Waals surface area contributed by atoms with E-state index < -0.39 is 5.60 Å². The van der Waals surface area contributed by atoms with Crippen LogP contribution in [0.2, 0.25) is 0 Å². The van der Waals surface area contributed by atoms with E-state index >= 15 is 0 Å². The van der Waals surface area contributed by atoms with Gasteiger partial charge in [0.15, 0.2) is 11.5 Å². The minimum Gasteiger partial charge on any atom is -0.496 e. The minimum absolute atomic E-state index is 0.00185. The van der Waals surface area contributed by atoms with Crippen LogP contribution < -0.4 is 14.2 Å². The lowest BCUT2D eigenvalue weighted by atomic mass is 9.84. The van der Waals surface area contributed by atoms with Gasteiger partial charge >= 0.3 is 6.09 Å². The van der Waals surface area contributed by atoms with Crippen molar-refractivity contribution in [1.82, 2.24) is 9.80 Å². The Morgan fingerprint density at radius 3 is 2.31 bits per heavy atom. The van der Waals surface area contributed by atoms with Gasteiger partial charge in [-0.05, 0) is 82.7 Å². The molecule has 1 aliphatic carbocycles. The molecule has 0 radical (unpaired) electrons. The zero-order valence-corrected chi connectivity index (χ0v) is 25.9. The van der Waals surface area contributed by atoms with Crippen LogP contribution in [0.15, 0.2) is 42.5 Å². The molecule has 1 saturated carbocycles. The third kappa shape index (κ3) is 8.31. The molecule has 1 heterocycles. The minimum atomic E-state index is -0.597. The van der Waals surface area contributed by atoms with Crippen molar-refractivity contribution in [1.29, 1.82) is 0 Å². The van der Waals surface area contributed by atoms with Gasteiger partial charge in [-0.25, -0.2) is 4.79 Å². The van der Waals surface area contributed by atoms with E-state index in [2.05, 4.69) is 6.07 Å². The number of carbonyl (C=O) groups excluding carboxylic acids is 2. The van der Waals surface area contributed by atoms with E-state index in [9.17, 15) is 9.59 Å². The van der Waals surface area contributed by atoms with E-state index in [0.717, 1.165) is 42.6 Å². The van der Waals surface area contributed by atoms with Crippen molar-refractivity contribution in [3.8, 4) is 17.2 Å². The summed E-state index contributed by atoms with van der Waals surface area (Å²) >= 11 is 0. The maximum absolute atomic E-state index is 13.6. The Labute approximate surface area is 250 Å². The molecule has 9 heteroatoms. The van der Waals surface area contributed by atoms with Gasteiger partial charge in [-0.3, -0.25) is 4.79 Å². The van der Waals surface area contributed by atoms with Crippen molar-refractivity contribution in [2.24, 2.45) is 5.92 Å². The highest BCUT2D eigenvalue weighted by atomic mass is 16.6. The summed E-state index contributed by atoms with van der Waals surface area (Å²) in [6.07, 6.45) is 2.41. The number of aryl methyl sites for hydroxylation is 1. The highest BCUT2D eigenvalue weighted by molar-refractivity contribution is 5.79. The van der Waals surface area contributed by atoms with Gasteiger partial charge in [0.1, 0.15) is 24.1 Å². The Hall–Kier alpha value is -3.46. The summed E-state index contributed by atoms with van der Waals surface area (Å²) in [4.78, 5) is 30.7. The fourth-order valence-corrected chi connectivity index (χ4v) is 5.73. The number of carbonyl (C=O) groups is 2. The predicted octanol–water partition coefficient (Wildman–Crippen LogP) is 5.61. The molecule has 1 atom stereocenters. The van der Waals surface area contributed by atoms with Crippen LogP contribution in [-0.4, -0.2) is 80.1 Å². The molecular weight excluding hydrogens is 536 g/mol. The Kier molecular flexibility index (Phi) is 10.6. The maximum Gasteiger partial charge on any atom is 0.410 e. The van der Waals surface area contributed by atoms with Crippen molar-refractivity contribution < 1.29 is 33.3 Å². The van der Waals surface area contributed by atoms with E-state index in [1.165, 1.54) is 0 Å². The third-order valence-corrected chi connectivity index (χ3v) is 7.87. The predicted molar refractivity (Wildman–Crippen MR) is 160 cm³/mol. The lowest BCUT2D eigenvalue weighted by molar-refractivity contribution is -0.145. The zero-order valence-electron chi connectivity index (χ0n) is 25.9. The second-order valence-corrected chi connectivity index (χ2v) is 12.2. The van der Waals surface area contributed by atoms with Crippen LogP contribution in [0.25, 0.3) is 0 Å². The summed E-state index contributed by atoms with van der Waals surface area (Å²) in [5.74, 6) is 2.23. The van der Waals surface area contributed by atoms with Crippen LogP contribution in [0.1, 0.15) is 57.6 Å². The molecule has 2 aromatic carbocycles. The first-order valence-corrected chi connectivity index (χ1v) is 14.9. The number of ether oxygens (including phenoxy) is 5. The Bertz CT molecular complexity index is 1200. The SMILES string of the molecule is COc1ccc(CN(C(=O)OC(C)(C)C)C2CCC(C(=O)N3CCO[C@H](COc4ccccc4OC)C3)CC2)cc1C. The first-order chi connectivity index (χ1) is 20.1. The smallest absolute Gasteiger partial charge is 0.410 e. The lowest BCUT2D eigenvalue weighted by Gasteiger charge is -2.39. The van der Waals surface area contributed by atoms with Crippen LogP contribution in [-0.2, 0) is 20.8 Å². The van der Waals surface area contributed by atoms with Crippen molar-refractivity contribution >= 4 is 12.0 Å². The second-order valence-electron chi connectivity index (χ2n) is 12.2. The van der Waals surface area contributed by atoms with Gasteiger partial charge in [0.05, 0.1) is 27.4 Å².